The smallest absolute Gasteiger partial charge is 0.332 e. The largest absolute Gasteiger partial charge is 0.379 e. The number of thiophene rings is 1. The first-order valence-corrected chi connectivity index (χ1v) is 7.70. The third-order valence-electron chi connectivity index (χ3n) is 3.68. The van der Waals surface area contributed by atoms with Crippen molar-refractivity contribution in [2.24, 2.45) is 14.1 Å². The normalized spacial score (nSPS) is 11.0. The number of hydrogen-bond donors (Lipinski definition) is 1. The minimum absolute atomic E-state index is 0.331. The monoisotopic (exact) mass is 316 g/mol. The second kappa shape index (κ2) is 5.42. The van der Waals surface area contributed by atoms with E-state index in [4.69, 9.17) is 0 Å². The summed E-state index contributed by atoms with van der Waals surface area (Å²) in [6, 6.07) is 4.02. The Bertz CT molecular complexity index is 954. The van der Waals surface area contributed by atoms with E-state index in [0.29, 0.717) is 17.6 Å². The van der Waals surface area contributed by atoms with Crippen LogP contribution in [0.15, 0.2) is 33.3 Å². The van der Waals surface area contributed by atoms with Crippen molar-refractivity contribution in [2.75, 3.05) is 5.32 Å². The van der Waals surface area contributed by atoms with E-state index >= 15 is 0 Å². The van der Waals surface area contributed by atoms with Gasteiger partial charge in [0.2, 0.25) is 0 Å². The molecule has 0 saturated carbocycles. The fraction of sp³-hybridized carbons (Fsp3) is 0.267. The van der Waals surface area contributed by atoms with Crippen molar-refractivity contribution in [3.05, 3.63) is 55.0 Å². The van der Waals surface area contributed by atoms with Gasteiger partial charge < -0.3 is 5.32 Å². The third-order valence-corrected chi connectivity index (χ3v) is 4.55. The van der Waals surface area contributed by atoms with Gasteiger partial charge in [-0.1, -0.05) is 6.07 Å². The van der Waals surface area contributed by atoms with Gasteiger partial charge in [-0.25, -0.2) is 9.78 Å². The Kier molecular flexibility index (Phi) is 3.58. The number of pyridine rings is 1. The summed E-state index contributed by atoms with van der Waals surface area (Å²) in [4.78, 5) is 30.0. The zero-order chi connectivity index (χ0) is 15.9. The highest BCUT2D eigenvalue weighted by Gasteiger charge is 2.15. The van der Waals surface area contributed by atoms with E-state index in [2.05, 4.69) is 10.3 Å². The van der Waals surface area contributed by atoms with E-state index in [1.165, 1.54) is 16.5 Å². The van der Waals surface area contributed by atoms with Gasteiger partial charge in [-0.3, -0.25) is 13.9 Å². The molecule has 6 nitrogen and oxygen atoms in total. The number of fused-ring (bicyclic) bond motifs is 1. The van der Waals surface area contributed by atoms with Gasteiger partial charge in [0.1, 0.15) is 5.39 Å². The molecular formula is C15H16N4O2S. The van der Waals surface area contributed by atoms with Crippen LogP contribution >= 0.6 is 11.3 Å². The van der Waals surface area contributed by atoms with Crippen LogP contribution in [0, 0.1) is 6.92 Å². The molecule has 0 spiro atoms. The summed E-state index contributed by atoms with van der Waals surface area (Å²) < 4.78 is 2.51. The summed E-state index contributed by atoms with van der Waals surface area (Å²) in [6.07, 6.45) is 1.68. The molecule has 7 heteroatoms. The molecule has 0 atom stereocenters. The molecule has 114 valence electrons. The first-order valence-electron chi connectivity index (χ1n) is 6.82. The number of rotatable bonds is 3. The van der Waals surface area contributed by atoms with Crippen LogP contribution in [0.5, 0.6) is 0 Å². The van der Waals surface area contributed by atoms with E-state index in [-0.39, 0.29) is 11.2 Å². The maximum absolute atomic E-state index is 12.5. The molecule has 0 amide bonds. The Morgan fingerprint density at radius 1 is 1.27 bits per heavy atom. The predicted molar refractivity (Wildman–Crippen MR) is 88.6 cm³/mol. The molecule has 0 saturated heterocycles. The zero-order valence-electron chi connectivity index (χ0n) is 12.6. The number of nitrogens with zero attached hydrogens (tertiary/aromatic N) is 3. The van der Waals surface area contributed by atoms with Gasteiger partial charge in [0.15, 0.2) is 5.65 Å². The van der Waals surface area contributed by atoms with Gasteiger partial charge >= 0.3 is 5.69 Å². The van der Waals surface area contributed by atoms with Crippen LogP contribution in [0.4, 0.5) is 5.69 Å². The van der Waals surface area contributed by atoms with Gasteiger partial charge in [0.05, 0.1) is 5.69 Å². The summed E-state index contributed by atoms with van der Waals surface area (Å²) in [5.74, 6) is 0. The number of anilines is 1. The van der Waals surface area contributed by atoms with Gasteiger partial charge in [-0.05, 0) is 23.9 Å². The molecule has 0 radical (unpaired) electrons. The summed E-state index contributed by atoms with van der Waals surface area (Å²) in [6.45, 7) is 2.53. The van der Waals surface area contributed by atoms with Crippen molar-refractivity contribution in [2.45, 2.75) is 13.5 Å². The first kappa shape index (κ1) is 14.5. The van der Waals surface area contributed by atoms with E-state index in [1.807, 2.05) is 24.4 Å². The van der Waals surface area contributed by atoms with E-state index in [9.17, 15) is 9.59 Å². The van der Waals surface area contributed by atoms with Gasteiger partial charge in [-0.15, -0.1) is 11.3 Å². The molecule has 0 aliphatic heterocycles. The molecule has 3 aromatic heterocycles. The molecule has 0 bridgehead atoms. The fourth-order valence-corrected chi connectivity index (χ4v) is 3.08. The van der Waals surface area contributed by atoms with Gasteiger partial charge in [0.25, 0.3) is 5.56 Å². The second-order valence-electron chi connectivity index (χ2n) is 5.15. The van der Waals surface area contributed by atoms with Gasteiger partial charge in [0, 0.05) is 31.7 Å². The van der Waals surface area contributed by atoms with Crippen LogP contribution < -0.4 is 16.6 Å². The number of aromatic nitrogens is 3. The summed E-state index contributed by atoms with van der Waals surface area (Å²) >= 11 is 1.65. The topological polar surface area (TPSA) is 68.9 Å². The molecule has 22 heavy (non-hydrogen) atoms. The average molecular weight is 316 g/mol. The molecule has 3 rings (SSSR count). The lowest BCUT2D eigenvalue weighted by Gasteiger charge is -2.14. The molecule has 3 aromatic rings. The summed E-state index contributed by atoms with van der Waals surface area (Å²) in [7, 11) is 3.10. The Morgan fingerprint density at radius 3 is 2.73 bits per heavy atom. The maximum Gasteiger partial charge on any atom is 0.332 e. The van der Waals surface area contributed by atoms with Crippen molar-refractivity contribution in [3.8, 4) is 0 Å². The zero-order valence-corrected chi connectivity index (χ0v) is 13.4. The Labute approximate surface area is 130 Å². The van der Waals surface area contributed by atoms with Crippen LogP contribution in [-0.4, -0.2) is 14.1 Å². The van der Waals surface area contributed by atoms with E-state index in [1.54, 1.807) is 24.6 Å². The minimum Gasteiger partial charge on any atom is -0.379 e. The lowest BCUT2D eigenvalue weighted by atomic mass is 10.2. The van der Waals surface area contributed by atoms with Gasteiger partial charge in [-0.2, -0.15) is 0 Å². The fourth-order valence-electron chi connectivity index (χ4n) is 2.44. The highest BCUT2D eigenvalue weighted by molar-refractivity contribution is 7.09. The van der Waals surface area contributed by atoms with Crippen LogP contribution in [0.2, 0.25) is 0 Å². The average Bonchev–Trinajstić information content (AvgIpc) is 3.02. The molecule has 0 aliphatic rings. The lowest BCUT2D eigenvalue weighted by Crippen LogP contribution is -2.37. The molecule has 0 aromatic carbocycles. The van der Waals surface area contributed by atoms with Crippen LogP contribution in [0.25, 0.3) is 11.0 Å². The highest BCUT2D eigenvalue weighted by Crippen LogP contribution is 2.23. The standard InChI is InChI=1S/C15H16N4O2S/c1-9-7-17-13-11(14(20)19(3)15(21)18(13)2)12(9)16-8-10-5-4-6-22-10/h4-7H,8H2,1-3H3,(H,16,17). The summed E-state index contributed by atoms with van der Waals surface area (Å²) in [5, 5.41) is 5.77. The Hall–Kier alpha value is -2.41. The van der Waals surface area contributed by atoms with Crippen molar-refractivity contribution in [1.82, 2.24) is 14.1 Å². The molecular weight excluding hydrogens is 300 g/mol. The number of hydrogen-bond acceptors (Lipinski definition) is 5. The quantitative estimate of drug-likeness (QED) is 0.797. The lowest BCUT2D eigenvalue weighted by molar-refractivity contribution is 0.707. The SMILES string of the molecule is Cc1cnc2c(c1NCc1cccs1)c(=O)n(C)c(=O)n2C. The number of nitrogens with one attached hydrogen (secondary N) is 1. The van der Waals surface area contributed by atoms with E-state index in [0.717, 1.165) is 15.8 Å². The van der Waals surface area contributed by atoms with Crippen molar-refractivity contribution < 1.29 is 0 Å². The number of aryl methyl sites for hydroxylation is 2. The van der Waals surface area contributed by atoms with Crippen molar-refractivity contribution in [3.63, 3.8) is 0 Å². The van der Waals surface area contributed by atoms with E-state index < -0.39 is 0 Å². The molecule has 0 fully saturated rings. The summed E-state index contributed by atoms with van der Waals surface area (Å²) in [5.41, 5.74) is 1.29. The minimum atomic E-state index is -0.377. The Balaban J connectivity index is 2.22. The van der Waals surface area contributed by atoms with Crippen LogP contribution in [0.1, 0.15) is 10.4 Å². The van der Waals surface area contributed by atoms with Crippen molar-refractivity contribution >= 4 is 28.1 Å². The molecule has 1 N–H and O–H groups in total. The molecule has 3 heterocycles. The highest BCUT2D eigenvalue weighted by atomic mass is 32.1. The van der Waals surface area contributed by atoms with Crippen LogP contribution in [-0.2, 0) is 20.6 Å². The first-order chi connectivity index (χ1) is 10.5. The molecule has 0 aliphatic carbocycles. The second-order valence-corrected chi connectivity index (χ2v) is 6.19. The maximum atomic E-state index is 12.5. The van der Waals surface area contributed by atoms with Crippen LogP contribution in [0.3, 0.4) is 0 Å². The molecule has 0 unspecified atom stereocenters. The third kappa shape index (κ3) is 2.23. The Morgan fingerprint density at radius 2 is 2.05 bits per heavy atom. The predicted octanol–water partition coefficient (Wildman–Crippen LogP) is 1.61. The van der Waals surface area contributed by atoms with Crippen molar-refractivity contribution in [1.29, 1.82) is 0 Å².